The first-order valence-corrected chi connectivity index (χ1v) is 9.77. The molecule has 3 heterocycles. The molecule has 2 saturated heterocycles. The lowest BCUT2D eigenvalue weighted by Gasteiger charge is -2.34. The van der Waals surface area contributed by atoms with E-state index in [-0.39, 0.29) is 6.61 Å². The van der Waals surface area contributed by atoms with Crippen molar-refractivity contribution < 1.29 is 14.9 Å². The van der Waals surface area contributed by atoms with E-state index in [1.54, 1.807) is 4.90 Å². The van der Waals surface area contributed by atoms with Crippen LogP contribution in [0.3, 0.4) is 0 Å². The number of aliphatic hydroxyl groups is 1. The second-order valence-electron chi connectivity index (χ2n) is 7.52. The number of hydrogen-bond acceptors (Lipinski definition) is 5. The van der Waals surface area contributed by atoms with Crippen LogP contribution in [0.2, 0.25) is 0 Å². The van der Waals surface area contributed by atoms with Crippen molar-refractivity contribution in [2.24, 2.45) is 0 Å². The molecule has 1 aromatic heterocycles. The Morgan fingerprint density at radius 2 is 1.65 bits per heavy atom. The molecule has 0 aliphatic carbocycles. The molecule has 2 aliphatic heterocycles. The van der Waals surface area contributed by atoms with Crippen LogP contribution >= 0.6 is 0 Å². The summed E-state index contributed by atoms with van der Waals surface area (Å²) in [6.45, 7) is 9.43. The van der Waals surface area contributed by atoms with Gasteiger partial charge in [-0.15, -0.1) is 0 Å². The van der Waals surface area contributed by atoms with E-state index < -0.39 is 0 Å². The van der Waals surface area contributed by atoms with Gasteiger partial charge in [-0.1, -0.05) is 12.1 Å². The van der Waals surface area contributed by atoms with E-state index in [9.17, 15) is 0 Å². The fourth-order valence-corrected chi connectivity index (χ4v) is 3.96. The summed E-state index contributed by atoms with van der Waals surface area (Å²) in [5, 5.41) is 10.3. The number of nitrogens with one attached hydrogen (secondary N) is 2. The van der Waals surface area contributed by atoms with Gasteiger partial charge in [-0.05, 0) is 12.1 Å². The molecule has 0 amide bonds. The van der Waals surface area contributed by atoms with Crippen LogP contribution in [-0.2, 0) is 0 Å². The maximum Gasteiger partial charge on any atom is 0.228 e. The monoisotopic (exact) mass is 358 g/mol. The summed E-state index contributed by atoms with van der Waals surface area (Å²) in [4.78, 5) is 17.7. The minimum absolute atomic E-state index is 0.261. The van der Waals surface area contributed by atoms with Gasteiger partial charge in [-0.25, -0.2) is 4.98 Å². The first-order valence-electron chi connectivity index (χ1n) is 9.77. The Kier molecular flexibility index (Phi) is 5.19. The van der Waals surface area contributed by atoms with Crippen molar-refractivity contribution in [3.05, 3.63) is 24.3 Å². The Morgan fingerprint density at radius 1 is 0.962 bits per heavy atom. The lowest BCUT2D eigenvalue weighted by atomic mass is 10.2. The minimum Gasteiger partial charge on any atom is -0.391 e. The van der Waals surface area contributed by atoms with Gasteiger partial charge in [0.25, 0.3) is 0 Å². The first-order chi connectivity index (χ1) is 12.7. The zero-order valence-corrected chi connectivity index (χ0v) is 15.6. The number of aliphatic hydroxyl groups excluding tert-OH is 1. The van der Waals surface area contributed by atoms with Crippen molar-refractivity contribution in [1.29, 1.82) is 0 Å². The summed E-state index contributed by atoms with van der Waals surface area (Å²) in [6.07, 6.45) is 0. The minimum atomic E-state index is 0.261. The van der Waals surface area contributed by atoms with Crippen LogP contribution in [0.1, 0.15) is 0 Å². The van der Waals surface area contributed by atoms with Gasteiger partial charge in [-0.3, -0.25) is 0 Å². The molecule has 2 aliphatic rings. The van der Waals surface area contributed by atoms with E-state index in [0.717, 1.165) is 81.6 Å². The zero-order valence-electron chi connectivity index (χ0n) is 15.6. The van der Waals surface area contributed by atoms with Crippen molar-refractivity contribution in [2.75, 3.05) is 82.4 Å². The van der Waals surface area contributed by atoms with Crippen LogP contribution in [0.25, 0.3) is 10.9 Å². The van der Waals surface area contributed by atoms with Crippen LogP contribution in [0.4, 0.5) is 11.8 Å². The third-order valence-corrected chi connectivity index (χ3v) is 5.71. The molecular formula is C19H30N6O+2. The predicted octanol–water partition coefficient (Wildman–Crippen LogP) is -2.34. The number of piperazine rings is 2. The van der Waals surface area contributed by atoms with Gasteiger partial charge >= 0.3 is 0 Å². The summed E-state index contributed by atoms with van der Waals surface area (Å²) < 4.78 is 0. The molecule has 0 atom stereocenters. The molecule has 0 saturated carbocycles. The quantitative estimate of drug-likeness (QED) is 0.572. The second kappa shape index (κ2) is 7.73. The summed E-state index contributed by atoms with van der Waals surface area (Å²) >= 11 is 0. The number of aromatic nitrogens is 2. The van der Waals surface area contributed by atoms with Crippen LogP contribution in [0, 0.1) is 0 Å². The molecule has 2 fully saturated rings. The van der Waals surface area contributed by atoms with Crippen LogP contribution in [0.5, 0.6) is 0 Å². The van der Waals surface area contributed by atoms with Gasteiger partial charge in [0.2, 0.25) is 5.95 Å². The highest BCUT2D eigenvalue weighted by atomic mass is 16.3. The number of nitrogens with zero attached hydrogens (tertiary/aromatic N) is 4. The van der Waals surface area contributed by atoms with E-state index in [4.69, 9.17) is 15.1 Å². The number of anilines is 2. The first kappa shape index (κ1) is 17.5. The van der Waals surface area contributed by atoms with Gasteiger partial charge in [0, 0.05) is 5.39 Å². The van der Waals surface area contributed by atoms with Crippen molar-refractivity contribution in [3.8, 4) is 0 Å². The Hall–Kier alpha value is -1.96. The molecular weight excluding hydrogens is 328 g/mol. The van der Waals surface area contributed by atoms with E-state index in [1.165, 1.54) is 4.90 Å². The molecule has 0 bridgehead atoms. The number of likely N-dealkylation sites (N-methyl/N-ethyl adjacent to an activating group) is 1. The van der Waals surface area contributed by atoms with Gasteiger partial charge in [0.05, 0.1) is 71.5 Å². The van der Waals surface area contributed by atoms with Crippen molar-refractivity contribution in [3.63, 3.8) is 0 Å². The molecule has 1 aromatic carbocycles. The van der Waals surface area contributed by atoms with Gasteiger partial charge in [-0.2, -0.15) is 4.98 Å². The van der Waals surface area contributed by atoms with E-state index in [2.05, 4.69) is 41.1 Å². The van der Waals surface area contributed by atoms with E-state index in [1.807, 2.05) is 0 Å². The van der Waals surface area contributed by atoms with Crippen LogP contribution in [0.15, 0.2) is 24.3 Å². The third-order valence-electron chi connectivity index (χ3n) is 5.71. The molecule has 140 valence electrons. The largest absolute Gasteiger partial charge is 0.391 e. The summed E-state index contributed by atoms with van der Waals surface area (Å²) in [5.74, 6) is 1.94. The van der Waals surface area contributed by atoms with Crippen molar-refractivity contribution >= 4 is 22.7 Å². The average Bonchev–Trinajstić information content (AvgIpc) is 2.69. The topological polar surface area (TPSA) is 61.4 Å². The summed E-state index contributed by atoms with van der Waals surface area (Å²) in [6, 6.07) is 8.37. The van der Waals surface area contributed by atoms with E-state index >= 15 is 0 Å². The van der Waals surface area contributed by atoms with Crippen molar-refractivity contribution in [2.45, 2.75) is 0 Å². The number of para-hydroxylation sites is 1. The molecule has 7 nitrogen and oxygen atoms in total. The van der Waals surface area contributed by atoms with Crippen molar-refractivity contribution in [1.82, 2.24) is 9.97 Å². The number of hydrogen-bond donors (Lipinski definition) is 3. The van der Waals surface area contributed by atoms with Crippen LogP contribution in [-0.4, -0.2) is 87.6 Å². The Morgan fingerprint density at radius 3 is 2.38 bits per heavy atom. The highest BCUT2D eigenvalue weighted by Gasteiger charge is 2.25. The number of quaternary nitrogens is 2. The molecule has 0 radical (unpaired) electrons. The molecule has 3 N–H and O–H groups in total. The third kappa shape index (κ3) is 3.60. The molecule has 4 rings (SSSR count). The SMILES string of the molecule is C[NH+]1CCN(c2nc(N3CC[NH+](CCO)CC3)nc3ccccc23)CC1. The molecule has 7 heteroatoms. The predicted molar refractivity (Wildman–Crippen MR) is 103 cm³/mol. The fourth-order valence-electron chi connectivity index (χ4n) is 3.96. The van der Waals surface area contributed by atoms with E-state index in [0.29, 0.717) is 0 Å². The molecule has 0 unspecified atom stereocenters. The Labute approximate surface area is 154 Å². The normalized spacial score (nSPS) is 20.1. The molecule has 0 spiro atoms. The van der Waals surface area contributed by atoms with Gasteiger partial charge in [0.15, 0.2) is 0 Å². The summed E-state index contributed by atoms with van der Waals surface area (Å²) in [5.41, 5.74) is 1.03. The highest BCUT2D eigenvalue weighted by molar-refractivity contribution is 5.90. The number of benzene rings is 1. The summed E-state index contributed by atoms with van der Waals surface area (Å²) in [7, 11) is 2.26. The fraction of sp³-hybridized carbons (Fsp3) is 0.579. The Bertz CT molecular complexity index is 738. The molecule has 26 heavy (non-hydrogen) atoms. The second-order valence-corrected chi connectivity index (χ2v) is 7.52. The zero-order chi connectivity index (χ0) is 17.9. The van der Waals surface area contributed by atoms with Gasteiger partial charge < -0.3 is 24.7 Å². The van der Waals surface area contributed by atoms with Crippen LogP contribution < -0.4 is 19.6 Å². The number of fused-ring (bicyclic) bond motifs is 1. The standard InChI is InChI=1S/C19H28N6O/c1-22-6-10-24(11-7-22)18-16-4-2-3-5-17(16)20-19(21-18)25-12-8-23(9-13-25)14-15-26/h2-5,26H,6-15H2,1H3/p+2. The average molecular weight is 358 g/mol. The lowest BCUT2D eigenvalue weighted by molar-refractivity contribution is -0.900. The Balaban J connectivity index is 1.62. The maximum absolute atomic E-state index is 9.15. The maximum atomic E-state index is 9.15. The smallest absolute Gasteiger partial charge is 0.228 e. The number of rotatable bonds is 4. The molecule has 2 aromatic rings. The lowest BCUT2D eigenvalue weighted by Crippen LogP contribution is -3.15. The highest BCUT2D eigenvalue weighted by Crippen LogP contribution is 2.26. The van der Waals surface area contributed by atoms with Gasteiger partial charge in [0.1, 0.15) is 12.4 Å².